The van der Waals surface area contributed by atoms with Crippen LogP contribution in [-0.4, -0.2) is 19.4 Å². The van der Waals surface area contributed by atoms with Crippen molar-refractivity contribution in [2.75, 3.05) is 13.2 Å². The van der Waals surface area contributed by atoms with Crippen molar-refractivity contribution < 1.29 is 9.57 Å². The molecule has 0 saturated heterocycles. The molecule has 0 fully saturated rings. The molecule has 0 aliphatic carbocycles. The van der Waals surface area contributed by atoms with Crippen LogP contribution < -0.4 is 5.48 Å². The largest absolute Gasteiger partial charge is 0.351 e. The SMILES string of the molecule is CCCC[N]OC(CC)OCC. The van der Waals surface area contributed by atoms with Gasteiger partial charge >= 0.3 is 0 Å². The summed E-state index contributed by atoms with van der Waals surface area (Å²) in [6.45, 7) is 7.57. The van der Waals surface area contributed by atoms with Crippen LogP contribution in [0, 0.1) is 0 Å². The van der Waals surface area contributed by atoms with Crippen LogP contribution in [0.4, 0.5) is 0 Å². The summed E-state index contributed by atoms with van der Waals surface area (Å²) >= 11 is 0. The van der Waals surface area contributed by atoms with Crippen LogP contribution in [0.15, 0.2) is 0 Å². The van der Waals surface area contributed by atoms with Crippen molar-refractivity contribution in [2.45, 2.75) is 46.3 Å². The average molecular weight is 174 g/mol. The van der Waals surface area contributed by atoms with Crippen molar-refractivity contribution in [3.63, 3.8) is 0 Å². The predicted octanol–water partition coefficient (Wildman–Crippen LogP) is 2.10. The highest BCUT2D eigenvalue weighted by atomic mass is 16.8. The Labute approximate surface area is 75.4 Å². The molecule has 0 saturated carbocycles. The summed E-state index contributed by atoms with van der Waals surface area (Å²) in [5, 5.41) is 0. The third-order valence-electron chi connectivity index (χ3n) is 1.48. The Morgan fingerprint density at radius 2 is 2.00 bits per heavy atom. The summed E-state index contributed by atoms with van der Waals surface area (Å²) in [7, 11) is 0. The Kier molecular flexibility index (Phi) is 8.88. The maximum atomic E-state index is 5.26. The zero-order valence-corrected chi connectivity index (χ0v) is 8.38. The first-order chi connectivity index (χ1) is 5.85. The first-order valence-corrected chi connectivity index (χ1v) is 4.79. The van der Waals surface area contributed by atoms with E-state index in [4.69, 9.17) is 9.57 Å². The summed E-state index contributed by atoms with van der Waals surface area (Å²) in [6.07, 6.45) is 2.94. The molecule has 1 atom stereocenters. The van der Waals surface area contributed by atoms with E-state index < -0.39 is 0 Å². The Morgan fingerprint density at radius 1 is 1.25 bits per heavy atom. The Morgan fingerprint density at radius 3 is 2.50 bits per heavy atom. The first kappa shape index (κ1) is 11.9. The summed E-state index contributed by atoms with van der Waals surface area (Å²) in [5.41, 5.74) is 3.93. The topological polar surface area (TPSA) is 32.6 Å². The van der Waals surface area contributed by atoms with Crippen LogP contribution in [0.25, 0.3) is 0 Å². The minimum Gasteiger partial charge on any atom is -0.351 e. The fourth-order valence-corrected chi connectivity index (χ4v) is 0.767. The molecular formula is C9H20NO2. The maximum absolute atomic E-state index is 5.26. The summed E-state index contributed by atoms with van der Waals surface area (Å²) in [4.78, 5) is 5.14. The second-order valence-corrected chi connectivity index (χ2v) is 2.60. The molecule has 0 bridgehead atoms. The van der Waals surface area contributed by atoms with E-state index in [2.05, 4.69) is 12.4 Å². The van der Waals surface area contributed by atoms with Gasteiger partial charge in [-0.25, -0.2) is 0 Å². The fraction of sp³-hybridized carbons (Fsp3) is 1.00. The summed E-state index contributed by atoms with van der Waals surface area (Å²) in [5.74, 6) is 0. The quantitative estimate of drug-likeness (QED) is 0.320. The van der Waals surface area contributed by atoms with E-state index in [9.17, 15) is 0 Å². The van der Waals surface area contributed by atoms with E-state index in [1.807, 2.05) is 13.8 Å². The van der Waals surface area contributed by atoms with Crippen LogP contribution in [-0.2, 0) is 9.57 Å². The number of ether oxygens (including phenoxy) is 1. The van der Waals surface area contributed by atoms with Gasteiger partial charge in [-0.1, -0.05) is 25.7 Å². The number of rotatable bonds is 8. The van der Waals surface area contributed by atoms with Crippen LogP contribution in [0.3, 0.4) is 0 Å². The second kappa shape index (κ2) is 8.97. The third kappa shape index (κ3) is 6.58. The molecule has 0 rings (SSSR count). The molecule has 0 aromatic rings. The van der Waals surface area contributed by atoms with E-state index in [-0.39, 0.29) is 6.29 Å². The van der Waals surface area contributed by atoms with E-state index >= 15 is 0 Å². The minimum atomic E-state index is -0.146. The van der Waals surface area contributed by atoms with Gasteiger partial charge in [0, 0.05) is 13.2 Å². The number of nitrogens with zero attached hydrogens (tertiary/aromatic N) is 1. The smallest absolute Gasteiger partial charge is 0.178 e. The standard InChI is InChI=1S/C9H20NO2/c1-4-7-8-10-12-9(5-2)11-6-3/h9H,4-8H2,1-3H3. The van der Waals surface area contributed by atoms with Crippen molar-refractivity contribution in [1.29, 1.82) is 0 Å². The van der Waals surface area contributed by atoms with Gasteiger partial charge in [-0.05, 0) is 19.8 Å². The maximum Gasteiger partial charge on any atom is 0.178 e. The molecule has 0 N–H and O–H groups in total. The molecule has 3 nitrogen and oxygen atoms in total. The van der Waals surface area contributed by atoms with Gasteiger partial charge in [0.05, 0.1) is 0 Å². The molecule has 73 valence electrons. The molecule has 0 heterocycles. The van der Waals surface area contributed by atoms with Crippen molar-refractivity contribution in [1.82, 2.24) is 5.48 Å². The zero-order valence-electron chi connectivity index (χ0n) is 8.38. The van der Waals surface area contributed by atoms with Crippen molar-refractivity contribution >= 4 is 0 Å². The first-order valence-electron chi connectivity index (χ1n) is 4.79. The number of hydrogen-bond acceptors (Lipinski definition) is 2. The van der Waals surface area contributed by atoms with Gasteiger partial charge in [0.2, 0.25) is 0 Å². The number of hydrogen-bond donors (Lipinski definition) is 0. The molecule has 0 amide bonds. The molecule has 3 heteroatoms. The lowest BCUT2D eigenvalue weighted by Gasteiger charge is -2.13. The van der Waals surface area contributed by atoms with Crippen molar-refractivity contribution in [3.8, 4) is 0 Å². The van der Waals surface area contributed by atoms with Crippen molar-refractivity contribution in [3.05, 3.63) is 0 Å². The molecule has 12 heavy (non-hydrogen) atoms. The Hall–Kier alpha value is -0.120. The highest BCUT2D eigenvalue weighted by Crippen LogP contribution is 1.98. The minimum absolute atomic E-state index is 0.146. The van der Waals surface area contributed by atoms with Crippen LogP contribution in [0.1, 0.15) is 40.0 Å². The van der Waals surface area contributed by atoms with Crippen molar-refractivity contribution in [2.24, 2.45) is 0 Å². The van der Waals surface area contributed by atoms with E-state index in [1.165, 1.54) is 0 Å². The Bertz CT molecular complexity index is 88.6. The predicted molar refractivity (Wildman–Crippen MR) is 48.7 cm³/mol. The average Bonchev–Trinajstić information content (AvgIpc) is 2.10. The Balaban J connectivity index is 3.19. The second-order valence-electron chi connectivity index (χ2n) is 2.60. The van der Waals surface area contributed by atoms with Gasteiger partial charge in [-0.2, -0.15) is 0 Å². The highest BCUT2D eigenvalue weighted by Gasteiger charge is 2.04. The van der Waals surface area contributed by atoms with Gasteiger partial charge in [0.15, 0.2) is 6.29 Å². The van der Waals surface area contributed by atoms with E-state index in [0.29, 0.717) is 6.61 Å². The molecule has 0 aliphatic heterocycles. The molecule has 0 spiro atoms. The van der Waals surface area contributed by atoms with Gasteiger partial charge in [-0.3, -0.25) is 4.84 Å². The van der Waals surface area contributed by atoms with Gasteiger partial charge in [0.25, 0.3) is 0 Å². The molecule has 0 aromatic carbocycles. The molecule has 0 aliphatic rings. The molecule has 0 aromatic heterocycles. The fourth-order valence-electron chi connectivity index (χ4n) is 0.767. The third-order valence-corrected chi connectivity index (χ3v) is 1.48. The van der Waals surface area contributed by atoms with Crippen LogP contribution in [0.5, 0.6) is 0 Å². The molecule has 1 radical (unpaired) electrons. The highest BCUT2D eigenvalue weighted by molar-refractivity contribution is 4.38. The molecule has 1 unspecified atom stereocenters. The molecular weight excluding hydrogens is 154 g/mol. The van der Waals surface area contributed by atoms with Gasteiger partial charge in [-0.15, -0.1) is 0 Å². The lowest BCUT2D eigenvalue weighted by atomic mass is 10.3. The van der Waals surface area contributed by atoms with Gasteiger partial charge in [0.1, 0.15) is 0 Å². The normalized spacial score (nSPS) is 13.2. The summed E-state index contributed by atoms with van der Waals surface area (Å²) in [6, 6.07) is 0. The monoisotopic (exact) mass is 174 g/mol. The number of unbranched alkanes of at least 4 members (excludes halogenated alkanes) is 1. The van der Waals surface area contributed by atoms with Gasteiger partial charge < -0.3 is 4.74 Å². The summed E-state index contributed by atoms with van der Waals surface area (Å²) < 4.78 is 5.26. The number of hydroxylamine groups is 1. The lowest BCUT2D eigenvalue weighted by molar-refractivity contribution is -0.182. The zero-order chi connectivity index (χ0) is 9.23. The van der Waals surface area contributed by atoms with E-state index in [1.54, 1.807) is 0 Å². The lowest BCUT2D eigenvalue weighted by Crippen LogP contribution is -2.21. The van der Waals surface area contributed by atoms with Crippen LogP contribution in [0.2, 0.25) is 0 Å². The van der Waals surface area contributed by atoms with Crippen LogP contribution >= 0.6 is 0 Å². The van der Waals surface area contributed by atoms with E-state index in [0.717, 1.165) is 25.8 Å².